The van der Waals surface area contributed by atoms with Crippen molar-refractivity contribution in [2.75, 3.05) is 17.6 Å². The normalized spacial score (nSPS) is 22.4. The van der Waals surface area contributed by atoms with Gasteiger partial charge in [-0.15, -0.1) is 4.40 Å². The van der Waals surface area contributed by atoms with Crippen LogP contribution in [0.2, 0.25) is 0 Å². The minimum absolute atomic E-state index is 0.0514. The van der Waals surface area contributed by atoms with Gasteiger partial charge in [0.1, 0.15) is 5.82 Å². The summed E-state index contributed by atoms with van der Waals surface area (Å²) >= 11 is 0. The Kier molecular flexibility index (Phi) is 4.39. The van der Waals surface area contributed by atoms with Crippen molar-refractivity contribution < 1.29 is 13.2 Å². The number of allylic oxidation sites excluding steroid dienone is 2. The van der Waals surface area contributed by atoms with E-state index in [1.807, 2.05) is 4.68 Å². The van der Waals surface area contributed by atoms with Crippen LogP contribution in [0.15, 0.2) is 40.6 Å². The number of aromatic nitrogens is 2. The van der Waals surface area contributed by atoms with Crippen LogP contribution in [-0.4, -0.2) is 47.1 Å². The number of nitrogens with one attached hydrogen (secondary N) is 1. The summed E-state index contributed by atoms with van der Waals surface area (Å²) in [5, 5.41) is 7.25. The monoisotopic (exact) mass is 375 g/mol. The van der Waals surface area contributed by atoms with Crippen LogP contribution < -0.4 is 5.32 Å². The summed E-state index contributed by atoms with van der Waals surface area (Å²) in [5.41, 5.74) is 0.243. The van der Waals surface area contributed by atoms with Crippen molar-refractivity contribution in [1.82, 2.24) is 14.7 Å². The fourth-order valence-electron chi connectivity index (χ4n) is 3.61. The number of nitrogens with zero attached hydrogens (tertiary/aromatic N) is 4. The maximum Gasteiger partial charge on any atom is 0.260 e. The highest BCUT2D eigenvalue weighted by atomic mass is 32.2. The lowest BCUT2D eigenvalue weighted by molar-refractivity contribution is -0.112. The predicted molar refractivity (Wildman–Crippen MR) is 98.1 cm³/mol. The zero-order valence-corrected chi connectivity index (χ0v) is 15.2. The smallest absolute Gasteiger partial charge is 0.260 e. The van der Waals surface area contributed by atoms with Gasteiger partial charge in [0.2, 0.25) is 0 Å². The van der Waals surface area contributed by atoms with Gasteiger partial charge < -0.3 is 10.2 Å². The van der Waals surface area contributed by atoms with Crippen LogP contribution in [0.4, 0.5) is 5.82 Å². The van der Waals surface area contributed by atoms with Gasteiger partial charge in [0.05, 0.1) is 23.6 Å². The lowest BCUT2D eigenvalue weighted by Gasteiger charge is -2.29. The number of amides is 1. The molecule has 138 valence electrons. The van der Waals surface area contributed by atoms with E-state index in [1.165, 1.54) is 6.42 Å². The largest absolute Gasteiger partial charge is 0.331 e. The summed E-state index contributed by atoms with van der Waals surface area (Å²) in [7, 11) is -3.53. The molecule has 3 heterocycles. The maximum atomic E-state index is 12.8. The number of fused-ring (bicyclic) bond motifs is 1. The first-order valence-corrected chi connectivity index (χ1v) is 10.5. The molecule has 0 aromatic carbocycles. The molecule has 4 rings (SSSR count). The Balaban J connectivity index is 1.57. The third-order valence-corrected chi connectivity index (χ3v) is 6.08. The SMILES string of the molecule is O=C(Nc1ccnn1C1CCCCC1)C1=CC=CN2CCS(=O)(=O)N=C12. The molecule has 0 radical (unpaired) electrons. The molecule has 1 N–H and O–H groups in total. The molecule has 2 aliphatic heterocycles. The Morgan fingerprint density at radius 1 is 1.23 bits per heavy atom. The summed E-state index contributed by atoms with van der Waals surface area (Å²) in [6.07, 6.45) is 12.4. The Morgan fingerprint density at radius 3 is 2.85 bits per heavy atom. The van der Waals surface area contributed by atoms with Crippen LogP contribution in [0.5, 0.6) is 0 Å². The molecule has 9 heteroatoms. The molecule has 1 aromatic rings. The molecule has 3 aliphatic rings. The second-order valence-corrected chi connectivity index (χ2v) is 8.48. The third kappa shape index (κ3) is 3.31. The molecule has 1 aromatic heterocycles. The topological polar surface area (TPSA) is 96.7 Å². The number of carbonyl (C=O) groups excluding carboxylic acids is 1. The van der Waals surface area contributed by atoms with Crippen LogP contribution in [0.1, 0.15) is 38.1 Å². The van der Waals surface area contributed by atoms with Crippen LogP contribution in [0.3, 0.4) is 0 Å². The Hall–Kier alpha value is -2.42. The van der Waals surface area contributed by atoms with Gasteiger partial charge in [-0.3, -0.25) is 4.79 Å². The van der Waals surface area contributed by atoms with E-state index in [0.29, 0.717) is 12.4 Å². The summed E-state index contributed by atoms with van der Waals surface area (Å²) in [5.74, 6) is 0.375. The number of amidine groups is 1. The van der Waals surface area contributed by atoms with Gasteiger partial charge in [-0.25, -0.2) is 13.1 Å². The lowest BCUT2D eigenvalue weighted by atomic mass is 9.96. The molecule has 0 atom stereocenters. The molecule has 26 heavy (non-hydrogen) atoms. The Morgan fingerprint density at radius 2 is 2.04 bits per heavy atom. The summed E-state index contributed by atoms with van der Waals surface area (Å²) < 4.78 is 29.3. The molecule has 0 saturated heterocycles. The van der Waals surface area contributed by atoms with E-state index >= 15 is 0 Å². The number of rotatable bonds is 3. The zero-order valence-electron chi connectivity index (χ0n) is 14.3. The van der Waals surface area contributed by atoms with E-state index < -0.39 is 10.0 Å². The summed E-state index contributed by atoms with van der Waals surface area (Å²) in [6, 6.07) is 2.06. The third-order valence-electron chi connectivity index (χ3n) is 4.93. The van der Waals surface area contributed by atoms with Crippen LogP contribution >= 0.6 is 0 Å². The highest BCUT2D eigenvalue weighted by Crippen LogP contribution is 2.30. The first-order chi connectivity index (χ1) is 12.5. The minimum atomic E-state index is -3.53. The van der Waals surface area contributed by atoms with E-state index in [9.17, 15) is 13.2 Å². The summed E-state index contributed by atoms with van der Waals surface area (Å²) in [6.45, 7) is 0.294. The average molecular weight is 375 g/mol. The molecular weight excluding hydrogens is 354 g/mol. The van der Waals surface area contributed by atoms with Crippen LogP contribution in [-0.2, 0) is 14.8 Å². The van der Waals surface area contributed by atoms with Crippen LogP contribution in [0.25, 0.3) is 0 Å². The van der Waals surface area contributed by atoms with Crippen molar-refractivity contribution in [1.29, 1.82) is 0 Å². The standard InChI is InChI=1S/C17H21N5O3S/c23-17(14-7-4-10-21-11-12-26(24,25)20-16(14)21)19-15-8-9-18-22(15)13-5-2-1-3-6-13/h4,7-10,13H,1-3,5-6,11-12H2,(H,19,23). The average Bonchev–Trinajstić information content (AvgIpc) is 3.09. The van der Waals surface area contributed by atoms with Gasteiger partial charge in [-0.05, 0) is 25.0 Å². The predicted octanol–water partition coefficient (Wildman–Crippen LogP) is 1.82. The molecule has 1 aliphatic carbocycles. The number of carbonyl (C=O) groups is 1. The van der Waals surface area contributed by atoms with Gasteiger partial charge in [0.25, 0.3) is 15.9 Å². The molecule has 1 saturated carbocycles. The molecule has 8 nitrogen and oxygen atoms in total. The van der Waals surface area contributed by atoms with Crippen molar-refractivity contribution in [2.45, 2.75) is 38.1 Å². The lowest BCUT2D eigenvalue weighted by Crippen LogP contribution is -2.41. The molecule has 1 amide bonds. The molecule has 0 unspecified atom stereocenters. The van der Waals surface area contributed by atoms with Crippen molar-refractivity contribution in [3.05, 3.63) is 36.2 Å². The number of sulfonamides is 1. The van der Waals surface area contributed by atoms with Crippen LogP contribution in [0, 0.1) is 0 Å². The van der Waals surface area contributed by atoms with E-state index in [-0.39, 0.29) is 29.1 Å². The molecule has 0 spiro atoms. The van der Waals surface area contributed by atoms with E-state index in [0.717, 1.165) is 25.7 Å². The Labute approximate surface area is 152 Å². The first kappa shape index (κ1) is 17.0. The van der Waals surface area contributed by atoms with Gasteiger partial charge >= 0.3 is 0 Å². The fraction of sp³-hybridized carbons (Fsp3) is 0.471. The number of hydrogen-bond donors (Lipinski definition) is 1. The van der Waals surface area contributed by atoms with Gasteiger partial charge in [-0.1, -0.05) is 19.3 Å². The van der Waals surface area contributed by atoms with E-state index in [1.54, 1.807) is 35.5 Å². The summed E-state index contributed by atoms with van der Waals surface area (Å²) in [4.78, 5) is 14.5. The highest BCUT2D eigenvalue weighted by Gasteiger charge is 2.30. The van der Waals surface area contributed by atoms with E-state index in [4.69, 9.17) is 0 Å². The van der Waals surface area contributed by atoms with Crippen molar-refractivity contribution in [3.8, 4) is 0 Å². The maximum absolute atomic E-state index is 12.8. The molecule has 0 bridgehead atoms. The van der Waals surface area contributed by atoms with E-state index in [2.05, 4.69) is 14.8 Å². The number of anilines is 1. The Bertz CT molecular complexity index is 907. The molecular formula is C17H21N5O3S. The zero-order chi connectivity index (χ0) is 18.1. The first-order valence-electron chi connectivity index (χ1n) is 8.86. The molecule has 1 fully saturated rings. The second-order valence-electron chi connectivity index (χ2n) is 6.72. The minimum Gasteiger partial charge on any atom is -0.331 e. The van der Waals surface area contributed by atoms with Crippen molar-refractivity contribution >= 4 is 27.6 Å². The second kappa shape index (κ2) is 6.71. The quantitative estimate of drug-likeness (QED) is 0.869. The van der Waals surface area contributed by atoms with Gasteiger partial charge in [0.15, 0.2) is 5.84 Å². The fourth-order valence-corrected chi connectivity index (χ4v) is 4.59. The highest BCUT2D eigenvalue weighted by molar-refractivity contribution is 7.90. The van der Waals surface area contributed by atoms with Crippen molar-refractivity contribution in [2.24, 2.45) is 4.40 Å². The number of hydrogen-bond acceptors (Lipinski definition) is 5. The van der Waals surface area contributed by atoms with Crippen molar-refractivity contribution in [3.63, 3.8) is 0 Å². The van der Waals surface area contributed by atoms with Gasteiger partial charge in [-0.2, -0.15) is 5.10 Å². The van der Waals surface area contributed by atoms with Gasteiger partial charge in [0, 0.05) is 18.8 Å².